The minimum Gasteiger partial charge on any atom is -0.493 e. The number of hydrogen-bond acceptors (Lipinski definition) is 3. The van der Waals surface area contributed by atoms with Crippen LogP contribution >= 0.6 is 12.2 Å². The number of fused-ring (bicyclic) bond motifs is 1. The lowest BCUT2D eigenvalue weighted by atomic mass is 10.0. The number of nitrogens with one attached hydrogen (secondary N) is 1. The summed E-state index contributed by atoms with van der Waals surface area (Å²) >= 11 is 5.22. The second-order valence-corrected chi connectivity index (χ2v) is 6.60. The maximum Gasteiger partial charge on any atom is 0.251 e. The molecule has 0 aliphatic carbocycles. The van der Waals surface area contributed by atoms with Gasteiger partial charge in [0, 0.05) is 6.42 Å². The Balaban J connectivity index is 1.53. The molecular formula is C19H18N2O2S. The Hall–Kier alpha value is -2.40. The Labute approximate surface area is 146 Å². The van der Waals surface area contributed by atoms with E-state index in [1.165, 1.54) is 11.1 Å². The average molecular weight is 338 g/mol. The van der Waals surface area contributed by atoms with E-state index in [4.69, 9.17) is 17.0 Å². The minimum absolute atomic E-state index is 0.0303. The molecule has 122 valence electrons. The third kappa shape index (κ3) is 2.65. The summed E-state index contributed by atoms with van der Waals surface area (Å²) in [6.07, 6.45) is 0.973. The molecular weight excluding hydrogens is 320 g/mol. The highest BCUT2D eigenvalue weighted by atomic mass is 32.1. The largest absolute Gasteiger partial charge is 0.493 e. The number of benzene rings is 2. The zero-order valence-electron chi connectivity index (χ0n) is 13.4. The van der Waals surface area contributed by atoms with Gasteiger partial charge in [-0.05, 0) is 53.5 Å². The number of nitrogens with zero attached hydrogens (tertiary/aromatic N) is 1. The average Bonchev–Trinajstić information content (AvgIpc) is 3.15. The van der Waals surface area contributed by atoms with Crippen molar-refractivity contribution in [1.29, 1.82) is 0 Å². The van der Waals surface area contributed by atoms with Gasteiger partial charge in [-0.15, -0.1) is 0 Å². The van der Waals surface area contributed by atoms with Crippen molar-refractivity contribution < 1.29 is 9.53 Å². The third-order valence-corrected chi connectivity index (χ3v) is 4.88. The zero-order valence-corrected chi connectivity index (χ0v) is 14.2. The van der Waals surface area contributed by atoms with Gasteiger partial charge in [0.15, 0.2) is 5.11 Å². The van der Waals surface area contributed by atoms with Crippen LogP contribution < -0.4 is 10.1 Å². The SMILES string of the molecule is C[C@H]1NC(=S)N(Cc2ccc(-c3ccc4c(c3)CCO4)cc2)C1=O. The van der Waals surface area contributed by atoms with E-state index in [0.717, 1.165) is 29.9 Å². The van der Waals surface area contributed by atoms with Crippen molar-refractivity contribution in [2.45, 2.75) is 25.9 Å². The molecule has 2 aromatic carbocycles. The van der Waals surface area contributed by atoms with Crippen molar-refractivity contribution >= 4 is 23.2 Å². The van der Waals surface area contributed by atoms with Gasteiger partial charge < -0.3 is 10.1 Å². The van der Waals surface area contributed by atoms with Gasteiger partial charge in [0.1, 0.15) is 11.8 Å². The van der Waals surface area contributed by atoms with Gasteiger partial charge in [0.25, 0.3) is 5.91 Å². The van der Waals surface area contributed by atoms with Crippen molar-refractivity contribution in [3.8, 4) is 16.9 Å². The molecule has 2 aliphatic rings. The molecule has 1 atom stereocenters. The lowest BCUT2D eigenvalue weighted by Gasteiger charge is -2.15. The third-order valence-electron chi connectivity index (χ3n) is 4.54. The molecule has 2 aliphatic heterocycles. The van der Waals surface area contributed by atoms with E-state index in [2.05, 4.69) is 41.7 Å². The number of carbonyl (C=O) groups is 1. The highest BCUT2D eigenvalue weighted by Gasteiger charge is 2.31. The molecule has 0 spiro atoms. The topological polar surface area (TPSA) is 41.6 Å². The van der Waals surface area contributed by atoms with E-state index in [1.54, 1.807) is 4.90 Å². The van der Waals surface area contributed by atoms with Crippen LogP contribution in [0.25, 0.3) is 11.1 Å². The van der Waals surface area contributed by atoms with Crippen molar-refractivity contribution in [2.24, 2.45) is 0 Å². The molecule has 1 saturated heterocycles. The van der Waals surface area contributed by atoms with Crippen molar-refractivity contribution in [3.63, 3.8) is 0 Å². The molecule has 0 aromatic heterocycles. The van der Waals surface area contributed by atoms with Gasteiger partial charge in [-0.3, -0.25) is 9.69 Å². The molecule has 1 fully saturated rings. The fraction of sp³-hybridized carbons (Fsp3) is 0.263. The Morgan fingerprint density at radius 2 is 1.96 bits per heavy atom. The monoisotopic (exact) mass is 338 g/mol. The number of carbonyl (C=O) groups excluding carboxylic acids is 1. The summed E-state index contributed by atoms with van der Waals surface area (Å²) in [5, 5.41) is 3.50. The molecule has 2 aromatic rings. The van der Waals surface area contributed by atoms with E-state index in [1.807, 2.05) is 13.0 Å². The Morgan fingerprint density at radius 3 is 2.67 bits per heavy atom. The Kier molecular flexibility index (Phi) is 3.73. The van der Waals surface area contributed by atoms with Gasteiger partial charge in [0.2, 0.25) is 0 Å². The van der Waals surface area contributed by atoms with E-state index in [9.17, 15) is 4.79 Å². The van der Waals surface area contributed by atoms with Crippen LogP contribution in [0.2, 0.25) is 0 Å². The maximum absolute atomic E-state index is 12.1. The fourth-order valence-corrected chi connectivity index (χ4v) is 3.49. The van der Waals surface area contributed by atoms with Gasteiger partial charge in [-0.1, -0.05) is 30.3 Å². The predicted octanol–water partition coefficient (Wildman–Crippen LogP) is 2.89. The van der Waals surface area contributed by atoms with Crippen LogP contribution in [0.15, 0.2) is 42.5 Å². The van der Waals surface area contributed by atoms with Crippen LogP contribution in [0, 0.1) is 0 Å². The zero-order chi connectivity index (χ0) is 16.7. The lowest BCUT2D eigenvalue weighted by Crippen LogP contribution is -2.30. The number of ether oxygens (including phenoxy) is 1. The molecule has 4 nitrogen and oxygen atoms in total. The normalized spacial score (nSPS) is 19.2. The van der Waals surface area contributed by atoms with Crippen LogP contribution in [-0.2, 0) is 17.8 Å². The van der Waals surface area contributed by atoms with E-state index < -0.39 is 0 Å². The molecule has 0 radical (unpaired) electrons. The van der Waals surface area contributed by atoms with Crippen LogP contribution in [-0.4, -0.2) is 28.6 Å². The first kappa shape index (κ1) is 15.1. The second-order valence-electron chi connectivity index (χ2n) is 6.21. The highest BCUT2D eigenvalue weighted by Crippen LogP contribution is 2.30. The van der Waals surface area contributed by atoms with Crippen molar-refractivity contribution in [1.82, 2.24) is 10.2 Å². The molecule has 0 unspecified atom stereocenters. The molecule has 1 amide bonds. The molecule has 0 bridgehead atoms. The van der Waals surface area contributed by atoms with E-state index in [0.29, 0.717) is 11.7 Å². The quantitative estimate of drug-likeness (QED) is 0.874. The van der Waals surface area contributed by atoms with Crippen molar-refractivity contribution in [3.05, 3.63) is 53.6 Å². The Morgan fingerprint density at radius 1 is 1.21 bits per heavy atom. The van der Waals surface area contributed by atoms with Crippen LogP contribution in [0.5, 0.6) is 5.75 Å². The second kappa shape index (κ2) is 5.91. The molecule has 5 heteroatoms. The van der Waals surface area contributed by atoms with Crippen molar-refractivity contribution in [2.75, 3.05) is 6.61 Å². The smallest absolute Gasteiger partial charge is 0.251 e. The molecule has 0 saturated carbocycles. The molecule has 1 N–H and O–H groups in total. The van der Waals surface area contributed by atoms with Crippen LogP contribution in [0.4, 0.5) is 0 Å². The summed E-state index contributed by atoms with van der Waals surface area (Å²) < 4.78 is 5.56. The molecule has 4 rings (SSSR count). The summed E-state index contributed by atoms with van der Waals surface area (Å²) in [6, 6.07) is 14.4. The summed E-state index contributed by atoms with van der Waals surface area (Å²) in [5.41, 5.74) is 4.68. The summed E-state index contributed by atoms with van der Waals surface area (Å²) in [5.74, 6) is 1.03. The Bertz CT molecular complexity index is 817. The van der Waals surface area contributed by atoms with Gasteiger partial charge in [0.05, 0.1) is 13.2 Å². The molecule has 24 heavy (non-hydrogen) atoms. The first-order valence-electron chi connectivity index (χ1n) is 8.09. The number of hydrogen-bond donors (Lipinski definition) is 1. The first-order valence-corrected chi connectivity index (χ1v) is 8.49. The van der Waals surface area contributed by atoms with Gasteiger partial charge in [-0.2, -0.15) is 0 Å². The first-order chi connectivity index (χ1) is 11.6. The summed E-state index contributed by atoms with van der Waals surface area (Å²) in [7, 11) is 0. The highest BCUT2D eigenvalue weighted by molar-refractivity contribution is 7.80. The van der Waals surface area contributed by atoms with Gasteiger partial charge in [-0.25, -0.2) is 0 Å². The van der Waals surface area contributed by atoms with Crippen LogP contribution in [0.1, 0.15) is 18.1 Å². The molecule has 2 heterocycles. The summed E-state index contributed by atoms with van der Waals surface area (Å²) in [4.78, 5) is 13.7. The minimum atomic E-state index is -0.231. The van der Waals surface area contributed by atoms with E-state index in [-0.39, 0.29) is 11.9 Å². The lowest BCUT2D eigenvalue weighted by molar-refractivity contribution is -0.127. The maximum atomic E-state index is 12.1. The number of thiocarbonyl (C=S) groups is 1. The van der Waals surface area contributed by atoms with E-state index >= 15 is 0 Å². The summed E-state index contributed by atoms with van der Waals surface area (Å²) in [6.45, 7) is 3.11. The number of amides is 1. The fourth-order valence-electron chi connectivity index (χ4n) is 3.16. The number of rotatable bonds is 3. The standard InChI is InChI=1S/C19H18N2O2S/c1-12-18(22)21(19(24)20-12)11-13-2-4-14(5-3-13)15-6-7-17-16(10-15)8-9-23-17/h2-7,10,12H,8-9,11H2,1H3,(H,20,24)/t12-/m1/s1. The predicted molar refractivity (Wildman–Crippen MR) is 96.8 cm³/mol. The van der Waals surface area contributed by atoms with Gasteiger partial charge >= 0.3 is 0 Å². The van der Waals surface area contributed by atoms with Crippen LogP contribution in [0.3, 0.4) is 0 Å².